The number of aromatic nitrogens is 1. The lowest BCUT2D eigenvalue weighted by atomic mass is 9.86. The van der Waals surface area contributed by atoms with Crippen molar-refractivity contribution >= 4 is 22.9 Å². The van der Waals surface area contributed by atoms with E-state index >= 15 is 0 Å². The van der Waals surface area contributed by atoms with Gasteiger partial charge < -0.3 is 27.0 Å². The Morgan fingerprint density at radius 3 is 2.14 bits per heavy atom. The predicted molar refractivity (Wildman–Crippen MR) is 179 cm³/mol. The molecule has 6 heteroatoms. The largest absolute Gasteiger partial charge is 1.00 e. The number of amides is 1. The Balaban J connectivity index is 0.00000645. The Hall–Kier alpha value is -2.18. The summed E-state index contributed by atoms with van der Waals surface area (Å²) in [5, 5.41) is 5.26. The first-order valence-corrected chi connectivity index (χ1v) is 17.3. The minimum absolute atomic E-state index is 0. The van der Waals surface area contributed by atoms with E-state index in [0.717, 1.165) is 30.0 Å². The fourth-order valence-electron chi connectivity index (χ4n) is 5.26. The number of hydrogen-bond donors (Lipinski definition) is 1. The van der Waals surface area contributed by atoms with Crippen LogP contribution >= 0.6 is 11.3 Å². The van der Waals surface area contributed by atoms with E-state index in [0.29, 0.717) is 13.0 Å². The number of nitrogens with one attached hydrogen (secondary N) is 1. The van der Waals surface area contributed by atoms with E-state index in [1.165, 1.54) is 87.4 Å². The van der Waals surface area contributed by atoms with Gasteiger partial charge in [0, 0.05) is 23.7 Å². The van der Waals surface area contributed by atoms with Crippen molar-refractivity contribution in [3.8, 4) is 5.75 Å². The molecule has 0 radical (unpaired) electrons. The molecular weight excluding hydrogens is 616 g/mol. The lowest BCUT2D eigenvalue weighted by Crippen LogP contribution is -3.00. The molecule has 1 heterocycles. The van der Waals surface area contributed by atoms with Gasteiger partial charge in [0.15, 0.2) is 12.2 Å². The van der Waals surface area contributed by atoms with Crippen molar-refractivity contribution in [2.24, 2.45) is 0 Å². The van der Waals surface area contributed by atoms with Gasteiger partial charge in [-0.2, -0.15) is 4.57 Å². The number of ether oxygens (including phenoxy) is 1. The Morgan fingerprint density at radius 2 is 1.53 bits per heavy atom. The highest BCUT2D eigenvalue weighted by atomic mass is 79.9. The SMILES string of the molecule is CCCCCCCCCCCCCCOc1cc(C(C)(C)C)ccc1CC(=O)Nc1cccc(C[n+]2cscc2C)c1.[Br-]. The number of benzene rings is 2. The van der Waals surface area contributed by atoms with E-state index in [2.05, 4.69) is 85.7 Å². The maximum absolute atomic E-state index is 13.1. The maximum Gasteiger partial charge on any atom is 0.228 e. The number of aryl methyl sites for hydroxylation is 1. The minimum Gasteiger partial charge on any atom is -1.00 e. The number of hydrogen-bond acceptors (Lipinski definition) is 3. The van der Waals surface area contributed by atoms with Gasteiger partial charge in [0.05, 0.1) is 18.4 Å². The smallest absolute Gasteiger partial charge is 0.228 e. The van der Waals surface area contributed by atoms with Gasteiger partial charge in [-0.3, -0.25) is 4.79 Å². The fourth-order valence-corrected chi connectivity index (χ4v) is 6.05. The third-order valence-corrected chi connectivity index (χ3v) is 8.84. The summed E-state index contributed by atoms with van der Waals surface area (Å²) in [6.45, 7) is 12.5. The highest BCUT2D eigenvalue weighted by Crippen LogP contribution is 2.29. The monoisotopic (exact) mass is 670 g/mol. The molecule has 238 valence electrons. The summed E-state index contributed by atoms with van der Waals surface area (Å²) in [5.41, 5.74) is 7.56. The number of halogens is 1. The van der Waals surface area contributed by atoms with Crippen molar-refractivity contribution in [2.45, 2.75) is 130 Å². The average Bonchev–Trinajstić information content (AvgIpc) is 3.35. The summed E-state index contributed by atoms with van der Waals surface area (Å²) in [4.78, 5) is 13.1. The number of thiazole rings is 1. The molecule has 0 aliphatic heterocycles. The van der Waals surface area contributed by atoms with E-state index in [4.69, 9.17) is 4.74 Å². The number of carbonyl (C=O) groups excluding carboxylic acids is 1. The van der Waals surface area contributed by atoms with Gasteiger partial charge in [0.2, 0.25) is 11.4 Å². The zero-order valence-electron chi connectivity index (χ0n) is 27.4. The summed E-state index contributed by atoms with van der Waals surface area (Å²) in [6.07, 6.45) is 16.2. The van der Waals surface area contributed by atoms with Gasteiger partial charge in [-0.25, -0.2) is 0 Å². The molecule has 1 aromatic heterocycles. The second-order valence-electron chi connectivity index (χ2n) is 12.9. The molecule has 2 aromatic carbocycles. The van der Waals surface area contributed by atoms with E-state index in [-0.39, 0.29) is 28.3 Å². The zero-order valence-corrected chi connectivity index (χ0v) is 29.8. The van der Waals surface area contributed by atoms with Crippen LogP contribution in [-0.4, -0.2) is 12.5 Å². The molecule has 0 aliphatic carbocycles. The molecule has 4 nitrogen and oxygen atoms in total. The van der Waals surface area contributed by atoms with Crippen LogP contribution in [0.25, 0.3) is 0 Å². The Bertz CT molecular complexity index is 1220. The Morgan fingerprint density at radius 1 is 0.884 bits per heavy atom. The second-order valence-corrected chi connectivity index (χ2v) is 13.6. The molecule has 3 rings (SSSR count). The van der Waals surface area contributed by atoms with Crippen LogP contribution in [-0.2, 0) is 23.2 Å². The van der Waals surface area contributed by atoms with Crippen molar-refractivity contribution in [3.05, 3.63) is 75.7 Å². The molecule has 0 spiro atoms. The van der Waals surface area contributed by atoms with Crippen molar-refractivity contribution in [1.82, 2.24) is 0 Å². The maximum atomic E-state index is 13.1. The number of anilines is 1. The third-order valence-electron chi connectivity index (χ3n) is 7.98. The molecule has 1 amide bonds. The van der Waals surface area contributed by atoms with Crippen molar-refractivity contribution in [1.29, 1.82) is 0 Å². The third kappa shape index (κ3) is 14.0. The van der Waals surface area contributed by atoms with E-state index in [1.807, 2.05) is 12.1 Å². The molecule has 0 unspecified atom stereocenters. The first-order chi connectivity index (χ1) is 20.3. The first-order valence-electron chi connectivity index (χ1n) is 16.3. The summed E-state index contributed by atoms with van der Waals surface area (Å²) < 4.78 is 8.55. The second kappa shape index (κ2) is 20.0. The van der Waals surface area contributed by atoms with Gasteiger partial charge in [-0.15, -0.1) is 0 Å². The van der Waals surface area contributed by atoms with Crippen molar-refractivity contribution in [3.63, 3.8) is 0 Å². The predicted octanol–water partition coefficient (Wildman–Crippen LogP) is 6.95. The Kier molecular flexibility index (Phi) is 17.2. The van der Waals surface area contributed by atoms with Gasteiger partial charge in [0.1, 0.15) is 5.75 Å². The molecule has 0 fully saturated rings. The number of carbonyl (C=O) groups is 1. The van der Waals surface area contributed by atoms with E-state index < -0.39 is 0 Å². The molecule has 0 bridgehead atoms. The molecular formula is C37H55BrN2O2S. The van der Waals surface area contributed by atoms with Crippen LogP contribution in [0.15, 0.2) is 53.4 Å². The summed E-state index contributed by atoms with van der Waals surface area (Å²) >= 11 is 1.70. The molecule has 0 aliphatic rings. The molecule has 0 atom stereocenters. The summed E-state index contributed by atoms with van der Waals surface area (Å²) in [6, 6.07) is 14.5. The van der Waals surface area contributed by atoms with Crippen LogP contribution in [0.3, 0.4) is 0 Å². The van der Waals surface area contributed by atoms with Gasteiger partial charge in [-0.1, -0.05) is 134 Å². The van der Waals surface area contributed by atoms with Crippen LogP contribution < -0.4 is 31.6 Å². The van der Waals surface area contributed by atoms with Crippen LogP contribution in [0.5, 0.6) is 5.75 Å². The normalized spacial score (nSPS) is 11.3. The van der Waals surface area contributed by atoms with Crippen molar-refractivity contribution in [2.75, 3.05) is 11.9 Å². The Labute approximate surface area is 276 Å². The van der Waals surface area contributed by atoms with Crippen LogP contribution in [0.4, 0.5) is 5.69 Å². The number of nitrogens with zero attached hydrogens (tertiary/aromatic N) is 1. The number of rotatable bonds is 19. The minimum atomic E-state index is -0.0229. The molecule has 43 heavy (non-hydrogen) atoms. The average molecular weight is 672 g/mol. The molecule has 3 aromatic rings. The summed E-state index contributed by atoms with van der Waals surface area (Å²) in [5.74, 6) is 0.823. The molecule has 0 saturated carbocycles. The van der Waals surface area contributed by atoms with Crippen molar-refractivity contribution < 1.29 is 31.1 Å². The standard InChI is InChI=1S/C37H54N2O2S.BrH/c1-6-7-8-9-10-11-12-13-14-15-16-17-23-41-35-26-33(37(3,4)5)22-21-32(35)25-36(40)38-34-20-18-19-31(24-34)27-39-29-42-28-30(39)2;/h18-22,24,26,28-29H,6-17,23,25,27H2,1-5H3;1H. The van der Waals surface area contributed by atoms with Gasteiger partial charge in [0.25, 0.3) is 0 Å². The lowest BCUT2D eigenvalue weighted by molar-refractivity contribution is -0.689. The van der Waals surface area contributed by atoms with E-state index in [9.17, 15) is 4.79 Å². The number of unbranched alkanes of at least 4 members (excludes halogenated alkanes) is 11. The van der Waals surface area contributed by atoms with Gasteiger partial charge >= 0.3 is 0 Å². The highest BCUT2D eigenvalue weighted by molar-refractivity contribution is 7.07. The zero-order chi connectivity index (χ0) is 30.2. The topological polar surface area (TPSA) is 42.2 Å². The lowest BCUT2D eigenvalue weighted by Gasteiger charge is -2.21. The quantitative estimate of drug-likeness (QED) is 0.111. The van der Waals surface area contributed by atoms with Crippen LogP contribution in [0.2, 0.25) is 0 Å². The van der Waals surface area contributed by atoms with Gasteiger partial charge in [-0.05, 0) is 35.6 Å². The molecule has 0 saturated heterocycles. The van der Waals surface area contributed by atoms with Crippen LogP contribution in [0, 0.1) is 6.92 Å². The highest BCUT2D eigenvalue weighted by Gasteiger charge is 2.18. The first kappa shape index (κ1) is 37.0. The fraction of sp³-hybridized carbons (Fsp3) is 0.568. The van der Waals surface area contributed by atoms with Crippen LogP contribution in [0.1, 0.15) is 127 Å². The molecule has 1 N–H and O–H groups in total. The summed E-state index contributed by atoms with van der Waals surface area (Å²) in [7, 11) is 0. The van der Waals surface area contributed by atoms with E-state index in [1.54, 1.807) is 11.3 Å².